The molecule has 0 saturated carbocycles. The second-order valence-corrected chi connectivity index (χ2v) is 7.98. The van der Waals surface area contributed by atoms with Crippen LogP contribution in [0.2, 0.25) is 0 Å². The van der Waals surface area contributed by atoms with Crippen molar-refractivity contribution >= 4 is 34.1 Å². The van der Waals surface area contributed by atoms with Crippen LogP contribution in [0.4, 0.5) is 5.13 Å². The quantitative estimate of drug-likeness (QED) is 0.540. The van der Waals surface area contributed by atoms with Crippen LogP contribution >= 0.6 is 23.1 Å². The summed E-state index contributed by atoms with van der Waals surface area (Å²) >= 11 is 2.78. The first-order valence-corrected chi connectivity index (χ1v) is 10.1. The average molecular weight is 395 g/mol. The van der Waals surface area contributed by atoms with E-state index >= 15 is 0 Å². The van der Waals surface area contributed by atoms with E-state index in [1.807, 2.05) is 22.9 Å². The first-order chi connectivity index (χ1) is 12.7. The topological polar surface area (TPSA) is 85.2 Å². The Hall–Kier alpha value is -1.75. The van der Waals surface area contributed by atoms with Crippen LogP contribution in [0.25, 0.3) is 0 Å². The summed E-state index contributed by atoms with van der Waals surface area (Å²) in [6.45, 7) is 10.2. The fraction of sp³-hybridized carbons (Fsp3) is 0.500. The number of amides is 1. The fourth-order valence-corrected chi connectivity index (χ4v) is 3.91. The number of allylic oxidation sites excluding steroid dienone is 1. The molecule has 140 valence electrons. The summed E-state index contributed by atoms with van der Waals surface area (Å²) in [6, 6.07) is 0. The lowest BCUT2D eigenvalue weighted by Gasteiger charge is -2.26. The van der Waals surface area contributed by atoms with Gasteiger partial charge in [0, 0.05) is 31.2 Å². The molecule has 10 heteroatoms. The molecule has 0 unspecified atom stereocenters. The number of carbonyl (C=O) groups excluding carboxylic acids is 1. The second-order valence-electron chi connectivity index (χ2n) is 5.77. The van der Waals surface area contributed by atoms with Crippen LogP contribution < -0.4 is 5.32 Å². The number of nitrogens with zero attached hydrogens (tertiary/aromatic N) is 5. The molecule has 1 saturated heterocycles. The summed E-state index contributed by atoms with van der Waals surface area (Å²) < 4.78 is 7.40. The number of hydrogen-bond acceptors (Lipinski definition) is 8. The summed E-state index contributed by atoms with van der Waals surface area (Å²) in [7, 11) is 0. The minimum Gasteiger partial charge on any atom is -0.379 e. The molecule has 1 aliphatic heterocycles. The third-order valence-corrected chi connectivity index (χ3v) is 5.66. The third kappa shape index (κ3) is 4.91. The Morgan fingerprint density at radius 1 is 1.50 bits per heavy atom. The number of anilines is 1. The molecular formula is C16H22N6O2S2. The monoisotopic (exact) mass is 394 g/mol. The van der Waals surface area contributed by atoms with Crippen molar-refractivity contribution in [3.63, 3.8) is 0 Å². The minimum atomic E-state index is -0.317. The highest BCUT2D eigenvalue weighted by Gasteiger charge is 2.22. The van der Waals surface area contributed by atoms with E-state index in [2.05, 4.69) is 32.0 Å². The normalized spacial score (nSPS) is 16.3. The largest absolute Gasteiger partial charge is 0.379 e. The Balaban J connectivity index is 1.66. The molecule has 2 aromatic rings. The van der Waals surface area contributed by atoms with E-state index in [9.17, 15) is 4.79 Å². The van der Waals surface area contributed by atoms with Crippen molar-refractivity contribution in [3.8, 4) is 0 Å². The molecule has 1 aliphatic rings. The first-order valence-electron chi connectivity index (χ1n) is 8.37. The number of thioether (sulfide) groups is 1. The molecule has 1 N–H and O–H groups in total. The lowest BCUT2D eigenvalue weighted by atomic mass is 10.4. The maximum atomic E-state index is 12.3. The van der Waals surface area contributed by atoms with Crippen molar-refractivity contribution in [2.45, 2.75) is 30.4 Å². The second kappa shape index (κ2) is 9.26. The number of aromatic nitrogens is 4. The Morgan fingerprint density at radius 3 is 3.00 bits per heavy atom. The van der Waals surface area contributed by atoms with E-state index in [1.54, 1.807) is 6.20 Å². The maximum absolute atomic E-state index is 12.3. The zero-order chi connectivity index (χ0) is 18.4. The van der Waals surface area contributed by atoms with E-state index in [4.69, 9.17) is 4.74 Å². The van der Waals surface area contributed by atoms with Crippen molar-refractivity contribution in [2.75, 3.05) is 31.6 Å². The Morgan fingerprint density at radius 2 is 2.31 bits per heavy atom. The van der Waals surface area contributed by atoms with Crippen LogP contribution in [0.5, 0.6) is 0 Å². The van der Waals surface area contributed by atoms with Crippen molar-refractivity contribution in [1.82, 2.24) is 24.6 Å². The molecule has 0 radical (unpaired) electrons. The van der Waals surface area contributed by atoms with Crippen molar-refractivity contribution in [2.24, 2.45) is 0 Å². The van der Waals surface area contributed by atoms with Gasteiger partial charge in [-0.1, -0.05) is 17.8 Å². The van der Waals surface area contributed by atoms with Crippen molar-refractivity contribution in [1.29, 1.82) is 0 Å². The van der Waals surface area contributed by atoms with Crippen LogP contribution in [-0.2, 0) is 22.6 Å². The highest BCUT2D eigenvalue weighted by atomic mass is 32.2. The summed E-state index contributed by atoms with van der Waals surface area (Å²) in [5.74, 6) is 0.773. The molecule has 8 nitrogen and oxygen atoms in total. The molecule has 26 heavy (non-hydrogen) atoms. The van der Waals surface area contributed by atoms with Crippen molar-refractivity contribution in [3.05, 3.63) is 30.1 Å². The van der Waals surface area contributed by atoms with Gasteiger partial charge in [-0.2, -0.15) is 0 Å². The highest BCUT2D eigenvalue weighted by Crippen LogP contribution is 2.24. The first kappa shape index (κ1) is 19.0. The van der Waals surface area contributed by atoms with Gasteiger partial charge in [0.2, 0.25) is 5.91 Å². The smallest absolute Gasteiger partial charge is 0.239 e. The molecule has 0 aliphatic carbocycles. The van der Waals surface area contributed by atoms with Gasteiger partial charge < -0.3 is 14.6 Å². The lowest BCUT2D eigenvalue weighted by molar-refractivity contribution is -0.115. The van der Waals surface area contributed by atoms with Crippen LogP contribution in [0.1, 0.15) is 12.7 Å². The van der Waals surface area contributed by atoms with Gasteiger partial charge in [0.15, 0.2) is 10.3 Å². The van der Waals surface area contributed by atoms with E-state index in [0.717, 1.165) is 37.3 Å². The van der Waals surface area contributed by atoms with E-state index in [-0.39, 0.29) is 11.2 Å². The molecule has 1 atom stereocenters. The molecule has 1 amide bonds. The van der Waals surface area contributed by atoms with Crippen molar-refractivity contribution < 1.29 is 9.53 Å². The van der Waals surface area contributed by atoms with Gasteiger partial charge in [-0.05, 0) is 6.92 Å². The zero-order valence-electron chi connectivity index (χ0n) is 14.6. The maximum Gasteiger partial charge on any atom is 0.239 e. The molecule has 1 fully saturated rings. The summed E-state index contributed by atoms with van der Waals surface area (Å²) in [6.07, 6.45) is 3.48. The van der Waals surface area contributed by atoms with Crippen LogP contribution in [-0.4, -0.2) is 62.1 Å². The van der Waals surface area contributed by atoms with Gasteiger partial charge in [0.1, 0.15) is 5.82 Å². The number of rotatable bonds is 8. The number of hydrogen-bond donors (Lipinski definition) is 1. The van der Waals surface area contributed by atoms with E-state index in [1.165, 1.54) is 23.1 Å². The van der Waals surface area contributed by atoms with Crippen LogP contribution in [0, 0.1) is 0 Å². The van der Waals surface area contributed by atoms with E-state index < -0.39 is 0 Å². The minimum absolute atomic E-state index is 0.104. The Kier molecular flexibility index (Phi) is 6.78. The SMILES string of the molecule is C=CCn1c(CN2CCOCC2)nnc1S[C@@H](C)C(=O)Nc1nccs1. The Labute approximate surface area is 160 Å². The number of carbonyl (C=O) groups is 1. The molecule has 0 spiro atoms. The molecule has 2 aromatic heterocycles. The molecule has 0 aromatic carbocycles. The molecule has 3 heterocycles. The average Bonchev–Trinajstić information content (AvgIpc) is 3.28. The summed E-state index contributed by atoms with van der Waals surface area (Å²) in [4.78, 5) is 18.7. The van der Waals surface area contributed by atoms with Gasteiger partial charge in [-0.15, -0.1) is 28.1 Å². The number of ether oxygens (including phenoxy) is 1. The number of thiazole rings is 1. The third-order valence-electron chi connectivity index (χ3n) is 3.89. The van der Waals surface area contributed by atoms with Gasteiger partial charge in [0.05, 0.1) is 25.0 Å². The lowest BCUT2D eigenvalue weighted by Crippen LogP contribution is -2.36. The fourth-order valence-electron chi connectivity index (χ4n) is 2.50. The number of morpholine rings is 1. The van der Waals surface area contributed by atoms with Gasteiger partial charge in [-0.3, -0.25) is 9.69 Å². The van der Waals surface area contributed by atoms with Crippen LogP contribution in [0.15, 0.2) is 29.4 Å². The Bertz CT molecular complexity index is 727. The predicted molar refractivity (Wildman–Crippen MR) is 102 cm³/mol. The van der Waals surface area contributed by atoms with Gasteiger partial charge in [0.25, 0.3) is 0 Å². The predicted octanol–water partition coefficient (Wildman–Crippen LogP) is 1.87. The van der Waals surface area contributed by atoms with E-state index in [0.29, 0.717) is 18.2 Å². The number of nitrogens with one attached hydrogen (secondary N) is 1. The van der Waals surface area contributed by atoms with Crippen LogP contribution in [0.3, 0.4) is 0 Å². The van der Waals surface area contributed by atoms with Gasteiger partial charge >= 0.3 is 0 Å². The highest BCUT2D eigenvalue weighted by molar-refractivity contribution is 8.00. The summed E-state index contributed by atoms with van der Waals surface area (Å²) in [5, 5.41) is 14.3. The zero-order valence-corrected chi connectivity index (χ0v) is 16.3. The van der Waals surface area contributed by atoms with Gasteiger partial charge in [-0.25, -0.2) is 4.98 Å². The standard InChI is InChI=1S/C16H22N6O2S2/c1-3-5-22-13(11-21-6-8-24-9-7-21)19-20-16(22)26-12(2)14(23)18-15-17-4-10-25-15/h3-4,10,12H,1,5-9,11H2,2H3,(H,17,18,23)/t12-/m0/s1. The summed E-state index contributed by atoms with van der Waals surface area (Å²) in [5.41, 5.74) is 0. The molecular weight excluding hydrogens is 372 g/mol. The molecule has 3 rings (SSSR count). The molecule has 0 bridgehead atoms.